The highest BCUT2D eigenvalue weighted by molar-refractivity contribution is 5.55. The predicted molar refractivity (Wildman–Crippen MR) is 72.2 cm³/mol. The Morgan fingerprint density at radius 3 is 2.83 bits per heavy atom. The fourth-order valence-electron chi connectivity index (χ4n) is 2.53. The van der Waals surface area contributed by atoms with Gasteiger partial charge < -0.3 is 11.1 Å². The number of nitrogens with zero attached hydrogens (tertiary/aromatic N) is 2. The molecule has 0 unspecified atom stereocenters. The maximum Gasteiger partial charge on any atom is 0.144 e. The van der Waals surface area contributed by atoms with Crippen molar-refractivity contribution in [2.24, 2.45) is 5.73 Å². The molecule has 0 aromatic carbocycles. The molecule has 1 aromatic rings. The van der Waals surface area contributed by atoms with E-state index in [0.29, 0.717) is 17.9 Å². The summed E-state index contributed by atoms with van der Waals surface area (Å²) < 4.78 is 0. The lowest BCUT2D eigenvalue weighted by Gasteiger charge is -2.33. The van der Waals surface area contributed by atoms with Gasteiger partial charge in [0.15, 0.2) is 0 Å². The molecule has 0 atom stereocenters. The van der Waals surface area contributed by atoms with Gasteiger partial charge in [0.25, 0.3) is 0 Å². The number of nitrogens with one attached hydrogen (secondary N) is 1. The molecule has 3 N–H and O–H groups in total. The molecule has 4 heteroatoms. The van der Waals surface area contributed by atoms with E-state index in [9.17, 15) is 0 Å². The molecule has 1 saturated carbocycles. The van der Waals surface area contributed by atoms with E-state index in [2.05, 4.69) is 16.4 Å². The van der Waals surface area contributed by atoms with Gasteiger partial charge in [-0.3, -0.25) is 0 Å². The molecule has 1 fully saturated rings. The van der Waals surface area contributed by atoms with Crippen LogP contribution in [0.15, 0.2) is 12.3 Å². The van der Waals surface area contributed by atoms with Crippen molar-refractivity contribution in [2.75, 3.05) is 11.9 Å². The van der Waals surface area contributed by atoms with Gasteiger partial charge in [0, 0.05) is 18.3 Å². The molecule has 18 heavy (non-hydrogen) atoms. The van der Waals surface area contributed by atoms with Gasteiger partial charge in [0.2, 0.25) is 0 Å². The first-order valence-corrected chi connectivity index (χ1v) is 6.53. The largest absolute Gasteiger partial charge is 0.367 e. The summed E-state index contributed by atoms with van der Waals surface area (Å²) in [6.07, 6.45) is 7.50. The number of rotatable bonds is 3. The van der Waals surface area contributed by atoms with Gasteiger partial charge in [-0.1, -0.05) is 19.3 Å². The molecular formula is C14H20N4. The zero-order chi connectivity index (χ0) is 13.0. The zero-order valence-electron chi connectivity index (χ0n) is 10.9. The summed E-state index contributed by atoms with van der Waals surface area (Å²) in [6.45, 7) is 2.61. The predicted octanol–water partition coefficient (Wildman–Crippen LogP) is 2.34. The van der Waals surface area contributed by atoms with E-state index < -0.39 is 0 Å². The highest BCUT2D eigenvalue weighted by atomic mass is 15.0. The van der Waals surface area contributed by atoms with Crippen LogP contribution in [0.2, 0.25) is 0 Å². The zero-order valence-corrected chi connectivity index (χ0v) is 10.9. The Morgan fingerprint density at radius 2 is 2.17 bits per heavy atom. The average molecular weight is 244 g/mol. The molecule has 0 amide bonds. The fourth-order valence-corrected chi connectivity index (χ4v) is 2.53. The standard InChI is InChI=1S/C14H20N4/c1-11-5-8-17-13(12(11)9-15)18-10-14(16)6-3-2-4-7-14/h5,8H,2-4,6-7,10,16H2,1H3,(H,17,18). The van der Waals surface area contributed by atoms with Crippen molar-refractivity contribution < 1.29 is 0 Å². The highest BCUT2D eigenvalue weighted by Crippen LogP contribution is 2.26. The Labute approximate surface area is 108 Å². The van der Waals surface area contributed by atoms with Gasteiger partial charge in [-0.2, -0.15) is 5.26 Å². The topological polar surface area (TPSA) is 74.7 Å². The molecule has 4 nitrogen and oxygen atoms in total. The normalized spacial score (nSPS) is 18.1. The first-order chi connectivity index (χ1) is 8.64. The number of pyridine rings is 1. The second-order valence-corrected chi connectivity index (χ2v) is 5.24. The molecule has 2 rings (SSSR count). The molecule has 1 heterocycles. The van der Waals surface area contributed by atoms with Crippen molar-refractivity contribution in [2.45, 2.75) is 44.6 Å². The lowest BCUT2D eigenvalue weighted by molar-refractivity contribution is 0.311. The minimum absolute atomic E-state index is 0.142. The molecular weight excluding hydrogens is 224 g/mol. The third-order valence-electron chi connectivity index (χ3n) is 3.73. The first-order valence-electron chi connectivity index (χ1n) is 6.53. The summed E-state index contributed by atoms with van der Waals surface area (Å²) in [5.41, 5.74) is 7.79. The Bertz CT molecular complexity index is 455. The van der Waals surface area contributed by atoms with Crippen LogP contribution in [-0.4, -0.2) is 17.1 Å². The van der Waals surface area contributed by atoms with Crippen molar-refractivity contribution in [3.63, 3.8) is 0 Å². The van der Waals surface area contributed by atoms with Crippen LogP contribution in [0.1, 0.15) is 43.2 Å². The SMILES string of the molecule is Cc1ccnc(NCC2(N)CCCCC2)c1C#N. The molecule has 0 aliphatic heterocycles. The molecule has 1 aliphatic carbocycles. The van der Waals surface area contributed by atoms with Gasteiger partial charge in [-0.15, -0.1) is 0 Å². The summed E-state index contributed by atoms with van der Waals surface area (Å²) in [4.78, 5) is 4.24. The Kier molecular flexibility index (Phi) is 3.83. The number of hydrogen-bond donors (Lipinski definition) is 2. The van der Waals surface area contributed by atoms with Crippen molar-refractivity contribution in [1.29, 1.82) is 5.26 Å². The molecule has 0 radical (unpaired) electrons. The second kappa shape index (κ2) is 5.36. The maximum atomic E-state index is 9.14. The van der Waals surface area contributed by atoms with Gasteiger partial charge in [-0.05, 0) is 31.4 Å². The monoisotopic (exact) mass is 244 g/mol. The van der Waals surface area contributed by atoms with Crippen LogP contribution in [0, 0.1) is 18.3 Å². The lowest BCUT2D eigenvalue weighted by atomic mass is 9.82. The summed E-state index contributed by atoms with van der Waals surface area (Å²) in [5.74, 6) is 0.660. The van der Waals surface area contributed by atoms with Crippen molar-refractivity contribution in [3.8, 4) is 6.07 Å². The van der Waals surface area contributed by atoms with Crippen molar-refractivity contribution in [1.82, 2.24) is 4.98 Å². The maximum absolute atomic E-state index is 9.14. The van der Waals surface area contributed by atoms with Crippen molar-refractivity contribution in [3.05, 3.63) is 23.4 Å². The molecule has 1 aliphatic rings. The number of anilines is 1. The minimum Gasteiger partial charge on any atom is -0.367 e. The third kappa shape index (κ3) is 2.80. The number of nitrogens with two attached hydrogens (primary N) is 1. The van der Waals surface area contributed by atoms with Gasteiger partial charge in [0.05, 0.1) is 5.56 Å². The number of hydrogen-bond acceptors (Lipinski definition) is 4. The smallest absolute Gasteiger partial charge is 0.144 e. The van der Waals surface area contributed by atoms with Crippen LogP contribution < -0.4 is 11.1 Å². The molecule has 96 valence electrons. The quantitative estimate of drug-likeness (QED) is 0.855. The van der Waals surface area contributed by atoms with Crippen LogP contribution in [0.3, 0.4) is 0 Å². The Balaban J connectivity index is 2.06. The summed E-state index contributed by atoms with van der Waals surface area (Å²) in [6, 6.07) is 4.05. The van der Waals surface area contributed by atoms with Gasteiger partial charge in [-0.25, -0.2) is 4.98 Å². The van der Waals surface area contributed by atoms with Crippen LogP contribution in [0.4, 0.5) is 5.82 Å². The van der Waals surface area contributed by atoms with Gasteiger partial charge >= 0.3 is 0 Å². The summed E-state index contributed by atoms with van der Waals surface area (Å²) in [5, 5.41) is 12.4. The summed E-state index contributed by atoms with van der Waals surface area (Å²) >= 11 is 0. The van der Waals surface area contributed by atoms with Crippen LogP contribution >= 0.6 is 0 Å². The Hall–Kier alpha value is -1.60. The highest BCUT2D eigenvalue weighted by Gasteiger charge is 2.27. The van der Waals surface area contributed by atoms with Crippen LogP contribution in [0.5, 0.6) is 0 Å². The van der Waals surface area contributed by atoms with E-state index in [1.165, 1.54) is 19.3 Å². The van der Waals surface area contributed by atoms with E-state index in [1.54, 1.807) is 6.20 Å². The van der Waals surface area contributed by atoms with E-state index >= 15 is 0 Å². The number of nitriles is 1. The third-order valence-corrected chi connectivity index (χ3v) is 3.73. The fraction of sp³-hybridized carbons (Fsp3) is 0.571. The first kappa shape index (κ1) is 12.8. The van der Waals surface area contributed by atoms with Gasteiger partial charge in [0.1, 0.15) is 11.9 Å². The van der Waals surface area contributed by atoms with E-state index in [0.717, 1.165) is 18.4 Å². The van der Waals surface area contributed by atoms with Crippen molar-refractivity contribution >= 4 is 5.82 Å². The number of aromatic nitrogens is 1. The molecule has 1 aromatic heterocycles. The van der Waals surface area contributed by atoms with Crippen LogP contribution in [-0.2, 0) is 0 Å². The number of aryl methyl sites for hydroxylation is 1. The van der Waals surface area contributed by atoms with Crippen LogP contribution in [0.25, 0.3) is 0 Å². The van der Waals surface area contributed by atoms with E-state index in [4.69, 9.17) is 11.0 Å². The minimum atomic E-state index is -0.142. The second-order valence-electron chi connectivity index (χ2n) is 5.24. The van der Waals surface area contributed by atoms with E-state index in [-0.39, 0.29) is 5.54 Å². The van der Waals surface area contributed by atoms with E-state index in [1.807, 2.05) is 13.0 Å². The molecule has 0 spiro atoms. The lowest BCUT2D eigenvalue weighted by Crippen LogP contribution is -2.47. The Morgan fingerprint density at radius 1 is 1.44 bits per heavy atom. The summed E-state index contributed by atoms with van der Waals surface area (Å²) in [7, 11) is 0. The average Bonchev–Trinajstić information content (AvgIpc) is 2.37. The molecule has 0 saturated heterocycles. The molecule has 0 bridgehead atoms.